The van der Waals surface area contributed by atoms with Crippen molar-refractivity contribution in [3.05, 3.63) is 57.4 Å². The number of aryl methyl sites for hydroxylation is 1. The summed E-state index contributed by atoms with van der Waals surface area (Å²) in [5.41, 5.74) is 3.06. The van der Waals surface area contributed by atoms with Crippen molar-refractivity contribution >= 4 is 5.69 Å². The molecule has 0 spiro atoms. The minimum absolute atomic E-state index is 0.0591. The molecule has 18 heavy (non-hydrogen) atoms. The molecule has 0 unspecified atom stereocenters. The molecule has 0 aliphatic rings. The number of aliphatic hydroxyl groups is 1. The molecule has 0 bridgehead atoms. The summed E-state index contributed by atoms with van der Waals surface area (Å²) in [7, 11) is 0. The molecule has 0 saturated heterocycles. The molecule has 0 aliphatic heterocycles. The third-order valence-electron chi connectivity index (χ3n) is 3.03. The van der Waals surface area contributed by atoms with E-state index in [1.54, 1.807) is 22.8 Å². The average Bonchev–Trinajstić information content (AvgIpc) is 2.64. The molecule has 2 aromatic rings. The molecule has 0 radical (unpaired) electrons. The first-order chi connectivity index (χ1) is 8.56. The predicted molar refractivity (Wildman–Crippen MR) is 67.8 cm³/mol. The summed E-state index contributed by atoms with van der Waals surface area (Å²) in [6.45, 7) is 3.64. The summed E-state index contributed by atoms with van der Waals surface area (Å²) in [4.78, 5) is 10.6. The van der Waals surface area contributed by atoms with Crippen molar-refractivity contribution in [2.45, 2.75) is 20.5 Å². The number of nitrogens with zero attached hydrogens (tertiary/aromatic N) is 2. The zero-order valence-corrected chi connectivity index (χ0v) is 10.3. The van der Waals surface area contributed by atoms with E-state index in [2.05, 4.69) is 0 Å². The van der Waals surface area contributed by atoms with E-state index in [0.717, 1.165) is 17.0 Å². The lowest BCUT2D eigenvalue weighted by molar-refractivity contribution is -0.384. The minimum Gasteiger partial charge on any atom is -0.392 e. The van der Waals surface area contributed by atoms with Crippen LogP contribution in [0.25, 0.3) is 5.69 Å². The van der Waals surface area contributed by atoms with Gasteiger partial charge in [-0.1, -0.05) is 12.1 Å². The van der Waals surface area contributed by atoms with Crippen LogP contribution in [0, 0.1) is 24.0 Å². The summed E-state index contributed by atoms with van der Waals surface area (Å²) in [5, 5.41) is 20.3. The first-order valence-corrected chi connectivity index (χ1v) is 5.58. The smallest absolute Gasteiger partial charge is 0.293 e. The van der Waals surface area contributed by atoms with Gasteiger partial charge in [0, 0.05) is 17.5 Å². The number of rotatable bonds is 3. The van der Waals surface area contributed by atoms with E-state index in [1.165, 1.54) is 6.07 Å². The Morgan fingerprint density at radius 2 is 2.00 bits per heavy atom. The zero-order valence-electron chi connectivity index (χ0n) is 10.3. The van der Waals surface area contributed by atoms with E-state index in [4.69, 9.17) is 0 Å². The third-order valence-corrected chi connectivity index (χ3v) is 3.03. The van der Waals surface area contributed by atoms with Crippen molar-refractivity contribution in [2.24, 2.45) is 0 Å². The number of hydrogen-bond acceptors (Lipinski definition) is 3. The molecule has 5 heteroatoms. The lowest BCUT2D eigenvalue weighted by Crippen LogP contribution is -2.03. The largest absolute Gasteiger partial charge is 0.392 e. The molecule has 1 aromatic heterocycles. The third kappa shape index (κ3) is 1.89. The van der Waals surface area contributed by atoms with Crippen LogP contribution in [-0.4, -0.2) is 14.6 Å². The van der Waals surface area contributed by atoms with Gasteiger partial charge in [-0.15, -0.1) is 0 Å². The number of hydrogen-bond donors (Lipinski definition) is 1. The summed E-state index contributed by atoms with van der Waals surface area (Å²) in [6, 6.07) is 8.43. The maximum atomic E-state index is 11.0. The molecule has 1 aromatic carbocycles. The van der Waals surface area contributed by atoms with E-state index in [9.17, 15) is 15.2 Å². The standard InChI is InChI=1S/C13H14N2O3/c1-9-7-11(8-16)10(2)14(9)12-5-3-4-6-13(12)15(17)18/h3-7,16H,8H2,1-2H3. The first-order valence-electron chi connectivity index (χ1n) is 5.58. The highest BCUT2D eigenvalue weighted by atomic mass is 16.6. The van der Waals surface area contributed by atoms with Crippen LogP contribution in [0.15, 0.2) is 30.3 Å². The van der Waals surface area contributed by atoms with Gasteiger partial charge in [0.05, 0.1) is 11.5 Å². The van der Waals surface area contributed by atoms with Crippen LogP contribution in [0.3, 0.4) is 0 Å². The van der Waals surface area contributed by atoms with Gasteiger partial charge in [0.2, 0.25) is 0 Å². The van der Waals surface area contributed by atoms with Crippen molar-refractivity contribution in [3.63, 3.8) is 0 Å². The molecule has 0 atom stereocenters. The van der Waals surface area contributed by atoms with Crippen LogP contribution in [0.1, 0.15) is 17.0 Å². The summed E-state index contributed by atoms with van der Waals surface area (Å²) < 4.78 is 1.80. The fourth-order valence-electron chi connectivity index (χ4n) is 2.17. The van der Waals surface area contributed by atoms with Gasteiger partial charge >= 0.3 is 0 Å². The number of benzene rings is 1. The first kappa shape index (κ1) is 12.3. The van der Waals surface area contributed by atoms with Crippen molar-refractivity contribution in [1.29, 1.82) is 0 Å². The van der Waals surface area contributed by atoms with Crippen LogP contribution in [0.4, 0.5) is 5.69 Å². The number of nitro groups is 1. The van der Waals surface area contributed by atoms with E-state index in [0.29, 0.717) is 5.69 Å². The van der Waals surface area contributed by atoms with Gasteiger partial charge in [-0.25, -0.2) is 0 Å². The Bertz CT molecular complexity index is 602. The maximum absolute atomic E-state index is 11.0. The van der Waals surface area contributed by atoms with Crippen LogP contribution >= 0.6 is 0 Å². The highest BCUT2D eigenvalue weighted by molar-refractivity contribution is 5.55. The SMILES string of the molecule is Cc1cc(CO)c(C)n1-c1ccccc1[N+](=O)[O-]. The van der Waals surface area contributed by atoms with Gasteiger partial charge in [-0.05, 0) is 31.5 Å². The second kappa shape index (κ2) is 4.62. The fraction of sp³-hybridized carbons (Fsp3) is 0.231. The number of para-hydroxylation sites is 2. The van der Waals surface area contributed by atoms with Crippen molar-refractivity contribution in [3.8, 4) is 5.69 Å². The molecule has 1 heterocycles. The van der Waals surface area contributed by atoms with Crippen LogP contribution in [-0.2, 0) is 6.61 Å². The Hall–Kier alpha value is -2.14. The maximum Gasteiger partial charge on any atom is 0.293 e. The van der Waals surface area contributed by atoms with Crippen molar-refractivity contribution in [1.82, 2.24) is 4.57 Å². The molecule has 0 fully saturated rings. The topological polar surface area (TPSA) is 68.3 Å². The lowest BCUT2D eigenvalue weighted by Gasteiger charge is -2.10. The second-order valence-electron chi connectivity index (χ2n) is 4.14. The van der Waals surface area contributed by atoms with E-state index >= 15 is 0 Å². The Labute approximate surface area is 104 Å². The van der Waals surface area contributed by atoms with Crippen molar-refractivity contribution < 1.29 is 10.0 Å². The zero-order chi connectivity index (χ0) is 13.3. The summed E-state index contributed by atoms with van der Waals surface area (Å²) in [6.07, 6.45) is 0. The van der Waals surface area contributed by atoms with Gasteiger partial charge in [0.25, 0.3) is 5.69 Å². The fourth-order valence-corrected chi connectivity index (χ4v) is 2.17. The molecule has 2 rings (SSSR count). The number of aliphatic hydroxyl groups excluding tert-OH is 1. The molecule has 1 N–H and O–H groups in total. The normalized spacial score (nSPS) is 10.6. The van der Waals surface area contributed by atoms with Crippen LogP contribution in [0.2, 0.25) is 0 Å². The van der Waals surface area contributed by atoms with Gasteiger partial charge in [-0.2, -0.15) is 0 Å². The van der Waals surface area contributed by atoms with Gasteiger partial charge in [-0.3, -0.25) is 10.1 Å². The number of nitro benzene ring substituents is 1. The molecular formula is C13H14N2O3. The van der Waals surface area contributed by atoms with E-state index in [-0.39, 0.29) is 12.3 Å². The molecule has 0 saturated carbocycles. The minimum atomic E-state index is -0.396. The average molecular weight is 246 g/mol. The van der Waals surface area contributed by atoms with E-state index < -0.39 is 4.92 Å². The Morgan fingerprint density at radius 1 is 1.33 bits per heavy atom. The second-order valence-corrected chi connectivity index (χ2v) is 4.14. The molecular weight excluding hydrogens is 232 g/mol. The summed E-state index contributed by atoms with van der Waals surface area (Å²) >= 11 is 0. The molecule has 94 valence electrons. The van der Waals surface area contributed by atoms with Gasteiger partial charge < -0.3 is 9.67 Å². The molecule has 0 aliphatic carbocycles. The highest BCUT2D eigenvalue weighted by Gasteiger charge is 2.18. The Kier molecular flexibility index (Phi) is 3.16. The molecule has 0 amide bonds. The Morgan fingerprint density at radius 3 is 2.56 bits per heavy atom. The van der Waals surface area contributed by atoms with Crippen LogP contribution < -0.4 is 0 Å². The monoisotopic (exact) mass is 246 g/mol. The van der Waals surface area contributed by atoms with Gasteiger partial charge in [0.15, 0.2) is 0 Å². The highest BCUT2D eigenvalue weighted by Crippen LogP contribution is 2.27. The Balaban J connectivity index is 2.69. The van der Waals surface area contributed by atoms with Gasteiger partial charge in [0.1, 0.15) is 5.69 Å². The summed E-state index contributed by atoms with van der Waals surface area (Å²) in [5.74, 6) is 0. The quantitative estimate of drug-likeness (QED) is 0.668. The van der Waals surface area contributed by atoms with Crippen molar-refractivity contribution in [2.75, 3.05) is 0 Å². The lowest BCUT2D eigenvalue weighted by atomic mass is 10.2. The number of aromatic nitrogens is 1. The van der Waals surface area contributed by atoms with E-state index in [1.807, 2.05) is 19.9 Å². The predicted octanol–water partition coefficient (Wildman–Crippen LogP) is 2.49. The molecule has 5 nitrogen and oxygen atoms in total. The van der Waals surface area contributed by atoms with Crippen LogP contribution in [0.5, 0.6) is 0 Å².